The lowest BCUT2D eigenvalue weighted by Gasteiger charge is -2.45. The molecule has 3 saturated heterocycles. The minimum Gasteiger partial charge on any atom is -0.508 e. The first kappa shape index (κ1) is 39.0. The highest BCUT2D eigenvalue weighted by atomic mass is 16.7. The Hall–Kier alpha value is -3.71. The third-order valence-electron chi connectivity index (χ3n) is 9.29. The van der Waals surface area contributed by atoms with Crippen LogP contribution in [0.25, 0.3) is 22.3 Å². The normalized spacial score (nSPS) is 37.8. The van der Waals surface area contributed by atoms with Crippen LogP contribution in [-0.2, 0) is 18.9 Å². The zero-order chi connectivity index (χ0) is 38.5. The smallest absolute Gasteiger partial charge is 0.239 e. The molecule has 20 heteroatoms. The maximum atomic E-state index is 14.1. The van der Waals surface area contributed by atoms with Gasteiger partial charge in [-0.15, -0.1) is 0 Å². The van der Waals surface area contributed by atoms with Crippen molar-refractivity contribution in [2.75, 3.05) is 13.2 Å². The molecule has 4 heterocycles. The van der Waals surface area contributed by atoms with E-state index in [2.05, 4.69) is 0 Å². The number of fused-ring (bicyclic) bond motifs is 1. The molecule has 6 rings (SSSR count). The zero-order valence-corrected chi connectivity index (χ0v) is 27.7. The van der Waals surface area contributed by atoms with Crippen molar-refractivity contribution in [1.82, 2.24) is 0 Å². The monoisotopic (exact) mass is 756 g/mol. The molecule has 292 valence electrons. The number of aromatic hydroxyl groups is 2. The number of aliphatic hydroxyl groups is 10. The van der Waals surface area contributed by atoms with Crippen LogP contribution in [0, 0.1) is 0 Å². The summed E-state index contributed by atoms with van der Waals surface area (Å²) >= 11 is 0. The topological polar surface area (TPSA) is 328 Å². The first-order valence-electron chi connectivity index (χ1n) is 16.4. The molecule has 0 radical (unpaired) electrons. The van der Waals surface area contributed by atoms with Crippen molar-refractivity contribution in [1.29, 1.82) is 0 Å². The molecule has 3 aliphatic rings. The predicted octanol–water partition coefficient (Wildman–Crippen LogP) is -3.92. The first-order valence-corrected chi connectivity index (χ1v) is 16.4. The Morgan fingerprint density at radius 2 is 1.25 bits per heavy atom. The van der Waals surface area contributed by atoms with Crippen LogP contribution in [0.3, 0.4) is 0 Å². The second-order valence-corrected chi connectivity index (χ2v) is 12.9. The zero-order valence-electron chi connectivity index (χ0n) is 27.7. The maximum absolute atomic E-state index is 14.1. The minimum absolute atomic E-state index is 0.109. The van der Waals surface area contributed by atoms with E-state index < -0.39 is 128 Å². The van der Waals surface area contributed by atoms with Gasteiger partial charge in [-0.25, -0.2) is 0 Å². The number of hydrogen-bond acceptors (Lipinski definition) is 20. The van der Waals surface area contributed by atoms with Crippen molar-refractivity contribution >= 4 is 11.0 Å². The summed E-state index contributed by atoms with van der Waals surface area (Å²) < 4.78 is 39.5. The first-order chi connectivity index (χ1) is 25.1. The Morgan fingerprint density at radius 1 is 0.660 bits per heavy atom. The molecular weight excluding hydrogens is 716 g/mol. The van der Waals surface area contributed by atoms with Gasteiger partial charge < -0.3 is 94.1 Å². The number of aliphatic hydroxyl groups excluding tert-OH is 10. The van der Waals surface area contributed by atoms with E-state index in [1.54, 1.807) is 0 Å². The van der Waals surface area contributed by atoms with Crippen LogP contribution in [0.5, 0.6) is 23.0 Å². The summed E-state index contributed by atoms with van der Waals surface area (Å²) in [5, 5.41) is 124. The molecule has 0 bridgehead atoms. The summed E-state index contributed by atoms with van der Waals surface area (Å²) in [7, 11) is 0. The largest absolute Gasteiger partial charge is 0.508 e. The number of benzene rings is 2. The highest BCUT2D eigenvalue weighted by Crippen LogP contribution is 2.39. The number of rotatable bonds is 9. The fraction of sp³-hybridized carbons (Fsp3) is 0.545. The summed E-state index contributed by atoms with van der Waals surface area (Å²) in [6.45, 7) is -0.272. The standard InChI is InChI=1S/C33H40O20/c1-10-19(38)23(42)25(44)31(47-10)48-13-6-14(37)18-15(7-13)49-28(11-2-4-12(36)5-3-11)30(22(18)41)53-33-27(46)29(21(40)17(9-35)51-33)52-32-26(45)24(43)20(39)16(8-34)50-32/h2-7,10,16-17,19-21,23-27,29,31-40,42-46H,8-9H2,1H3/t10-,16+,17-,19-,20+,21+,23-,24-,25+,26+,27+,29+,31-,32-,33-/m0/s1. The van der Waals surface area contributed by atoms with Gasteiger partial charge in [0.25, 0.3) is 0 Å². The van der Waals surface area contributed by atoms with Crippen LogP contribution in [0.15, 0.2) is 45.6 Å². The summed E-state index contributed by atoms with van der Waals surface area (Å²) in [6.07, 6.45) is -25.3. The van der Waals surface area contributed by atoms with Gasteiger partial charge in [0, 0.05) is 17.7 Å². The van der Waals surface area contributed by atoms with Gasteiger partial charge in [0.15, 0.2) is 12.1 Å². The van der Waals surface area contributed by atoms with Crippen molar-refractivity contribution in [3.05, 3.63) is 46.6 Å². The van der Waals surface area contributed by atoms with Crippen LogP contribution in [-0.4, -0.2) is 167 Å². The van der Waals surface area contributed by atoms with Gasteiger partial charge in [0.1, 0.15) is 95.4 Å². The quantitative estimate of drug-likeness (QED) is 0.0992. The Morgan fingerprint density at radius 3 is 1.91 bits per heavy atom. The Balaban J connectivity index is 1.36. The lowest BCUT2D eigenvalue weighted by Crippen LogP contribution is -2.65. The van der Waals surface area contributed by atoms with E-state index in [9.17, 15) is 66.1 Å². The fourth-order valence-electron chi connectivity index (χ4n) is 6.24. The van der Waals surface area contributed by atoms with E-state index in [1.165, 1.54) is 31.2 Å². The van der Waals surface area contributed by atoms with Gasteiger partial charge in [0.2, 0.25) is 23.8 Å². The molecule has 12 N–H and O–H groups in total. The van der Waals surface area contributed by atoms with Gasteiger partial charge in [-0.2, -0.15) is 0 Å². The highest BCUT2D eigenvalue weighted by Gasteiger charge is 2.52. The predicted molar refractivity (Wildman–Crippen MR) is 171 cm³/mol. The van der Waals surface area contributed by atoms with Crippen LogP contribution in [0.4, 0.5) is 0 Å². The van der Waals surface area contributed by atoms with E-state index in [4.69, 9.17) is 32.8 Å². The second kappa shape index (κ2) is 15.6. The van der Waals surface area contributed by atoms with E-state index in [1.807, 2.05) is 0 Å². The average molecular weight is 757 g/mol. The van der Waals surface area contributed by atoms with Gasteiger partial charge in [-0.05, 0) is 31.2 Å². The Bertz CT molecular complexity index is 1780. The van der Waals surface area contributed by atoms with Crippen LogP contribution >= 0.6 is 0 Å². The number of phenols is 2. The molecular formula is C33H40O20. The summed E-state index contributed by atoms with van der Waals surface area (Å²) in [6, 6.07) is 7.27. The van der Waals surface area contributed by atoms with Gasteiger partial charge in [-0.1, -0.05) is 0 Å². The molecule has 2 aromatic carbocycles. The van der Waals surface area contributed by atoms with Crippen molar-refractivity contribution in [3.8, 4) is 34.3 Å². The molecule has 1 aromatic heterocycles. The van der Waals surface area contributed by atoms with Gasteiger partial charge in [0.05, 0.1) is 19.3 Å². The van der Waals surface area contributed by atoms with Gasteiger partial charge in [-0.3, -0.25) is 4.79 Å². The molecule has 0 saturated carbocycles. The molecule has 0 amide bonds. The number of phenolic OH excluding ortho intramolecular Hbond substituents is 2. The summed E-state index contributed by atoms with van der Waals surface area (Å²) in [5.74, 6) is -2.15. The molecule has 20 nitrogen and oxygen atoms in total. The second-order valence-electron chi connectivity index (χ2n) is 12.9. The minimum atomic E-state index is -2.05. The van der Waals surface area contributed by atoms with Crippen LogP contribution in [0.1, 0.15) is 6.92 Å². The van der Waals surface area contributed by atoms with E-state index >= 15 is 0 Å². The Kier molecular flexibility index (Phi) is 11.5. The maximum Gasteiger partial charge on any atom is 0.239 e. The molecule has 3 aliphatic heterocycles. The molecule has 53 heavy (non-hydrogen) atoms. The number of ether oxygens (including phenoxy) is 6. The SMILES string of the molecule is C[C@@H]1O[C@@H](Oc2cc(O)c3c(=O)c(O[C@@H]4O[C@@H](CO)[C@@H](O)[C@@H](O[C@@H]5O[C@H](CO)[C@@H](O)[C@H](O)[C@H]5O)[C@H]4O)c(-c4ccc(O)cc4)oc3c2)[C@H](O)[C@@H](O)[C@H]1O. The molecule has 0 spiro atoms. The van der Waals surface area contributed by atoms with Crippen molar-refractivity contribution in [3.63, 3.8) is 0 Å². The summed E-state index contributed by atoms with van der Waals surface area (Å²) in [4.78, 5) is 14.1. The lowest BCUT2D eigenvalue weighted by atomic mass is 9.97. The fourth-order valence-corrected chi connectivity index (χ4v) is 6.24. The highest BCUT2D eigenvalue weighted by molar-refractivity contribution is 5.88. The van der Waals surface area contributed by atoms with Crippen LogP contribution < -0.4 is 14.9 Å². The van der Waals surface area contributed by atoms with Crippen molar-refractivity contribution in [2.45, 2.75) is 99.0 Å². The van der Waals surface area contributed by atoms with Crippen LogP contribution in [0.2, 0.25) is 0 Å². The van der Waals surface area contributed by atoms with Crippen molar-refractivity contribution < 1.29 is 94.1 Å². The average Bonchev–Trinajstić information content (AvgIpc) is 3.13. The van der Waals surface area contributed by atoms with Crippen molar-refractivity contribution in [2.24, 2.45) is 0 Å². The summed E-state index contributed by atoms with van der Waals surface area (Å²) in [5.41, 5.74) is -1.25. The lowest BCUT2D eigenvalue weighted by molar-refractivity contribution is -0.352. The van der Waals surface area contributed by atoms with E-state index in [-0.39, 0.29) is 28.4 Å². The third-order valence-corrected chi connectivity index (χ3v) is 9.29. The van der Waals surface area contributed by atoms with E-state index in [0.29, 0.717) is 0 Å². The molecule has 3 fully saturated rings. The van der Waals surface area contributed by atoms with E-state index in [0.717, 1.165) is 12.1 Å². The number of hydrogen-bond donors (Lipinski definition) is 12. The third kappa shape index (κ3) is 7.39. The Labute approximate surface area is 298 Å². The molecule has 0 unspecified atom stereocenters. The molecule has 0 aliphatic carbocycles. The molecule has 3 aromatic rings. The molecule has 15 atom stereocenters. The van der Waals surface area contributed by atoms with Gasteiger partial charge >= 0.3 is 0 Å².